The summed E-state index contributed by atoms with van der Waals surface area (Å²) in [5, 5.41) is 3.21. The third-order valence-corrected chi connectivity index (χ3v) is 3.60. The molecular weight excluding hydrogens is 254 g/mol. The number of nitrogens with one attached hydrogen (secondary N) is 1. The highest BCUT2D eigenvalue weighted by Crippen LogP contribution is 2.33. The van der Waals surface area contributed by atoms with Gasteiger partial charge in [0.25, 0.3) is 5.56 Å². The molecule has 0 radical (unpaired) electrons. The second-order valence-electron chi connectivity index (χ2n) is 5.38. The number of rotatable bonds is 6. The van der Waals surface area contributed by atoms with E-state index in [4.69, 9.17) is 4.42 Å². The molecule has 3 rings (SSSR count). The van der Waals surface area contributed by atoms with Gasteiger partial charge in [-0.15, -0.1) is 0 Å². The van der Waals surface area contributed by atoms with Crippen molar-refractivity contribution in [2.75, 3.05) is 5.32 Å². The van der Waals surface area contributed by atoms with Crippen molar-refractivity contribution < 1.29 is 4.42 Å². The molecule has 1 unspecified atom stereocenters. The lowest BCUT2D eigenvalue weighted by Crippen LogP contribution is -2.27. The minimum absolute atomic E-state index is 0.0140. The molecule has 1 aliphatic rings. The predicted octanol–water partition coefficient (Wildman–Crippen LogP) is 2.60. The van der Waals surface area contributed by atoms with Crippen molar-refractivity contribution in [2.45, 2.75) is 44.7 Å². The third kappa shape index (κ3) is 2.92. The maximum Gasteiger partial charge on any atom is 0.293 e. The van der Waals surface area contributed by atoms with Crippen LogP contribution in [0.5, 0.6) is 0 Å². The van der Waals surface area contributed by atoms with Gasteiger partial charge in [-0.2, -0.15) is 0 Å². The van der Waals surface area contributed by atoms with Gasteiger partial charge in [-0.25, -0.2) is 4.98 Å². The minimum Gasteiger partial charge on any atom is -0.469 e. The SMILES string of the molecule is CC(CCc1ccco1)Nc1nccn(C2CC2)c1=O. The Labute approximate surface area is 117 Å². The summed E-state index contributed by atoms with van der Waals surface area (Å²) in [7, 11) is 0. The molecule has 1 aliphatic carbocycles. The van der Waals surface area contributed by atoms with Crippen molar-refractivity contribution in [1.29, 1.82) is 0 Å². The van der Waals surface area contributed by atoms with Crippen LogP contribution in [0.2, 0.25) is 0 Å². The van der Waals surface area contributed by atoms with Gasteiger partial charge in [0.05, 0.1) is 6.26 Å². The minimum atomic E-state index is -0.0140. The largest absolute Gasteiger partial charge is 0.469 e. The maximum absolute atomic E-state index is 12.2. The van der Waals surface area contributed by atoms with Gasteiger partial charge in [-0.3, -0.25) is 4.79 Å². The van der Waals surface area contributed by atoms with Crippen molar-refractivity contribution in [3.8, 4) is 0 Å². The summed E-state index contributed by atoms with van der Waals surface area (Å²) in [6, 6.07) is 4.41. The molecule has 0 aromatic carbocycles. The van der Waals surface area contributed by atoms with Crippen molar-refractivity contribution in [3.05, 3.63) is 46.9 Å². The van der Waals surface area contributed by atoms with E-state index in [1.807, 2.05) is 12.1 Å². The summed E-state index contributed by atoms with van der Waals surface area (Å²) < 4.78 is 7.09. The summed E-state index contributed by atoms with van der Waals surface area (Å²) in [6.07, 6.45) is 9.09. The molecule has 0 saturated heterocycles. The Morgan fingerprint density at radius 1 is 1.55 bits per heavy atom. The smallest absolute Gasteiger partial charge is 0.293 e. The number of aromatic nitrogens is 2. The molecule has 20 heavy (non-hydrogen) atoms. The van der Waals surface area contributed by atoms with E-state index in [1.54, 1.807) is 23.2 Å². The second kappa shape index (κ2) is 5.53. The van der Waals surface area contributed by atoms with E-state index in [9.17, 15) is 4.79 Å². The van der Waals surface area contributed by atoms with E-state index < -0.39 is 0 Å². The Kier molecular flexibility index (Phi) is 3.58. The Hall–Kier alpha value is -2.04. The molecule has 1 atom stereocenters. The first-order chi connectivity index (χ1) is 9.74. The zero-order valence-corrected chi connectivity index (χ0v) is 11.6. The fraction of sp³-hybridized carbons (Fsp3) is 0.467. The zero-order valence-electron chi connectivity index (χ0n) is 11.6. The van der Waals surface area contributed by atoms with E-state index in [-0.39, 0.29) is 11.6 Å². The Morgan fingerprint density at radius 2 is 2.40 bits per heavy atom. The van der Waals surface area contributed by atoms with Crippen LogP contribution in [0, 0.1) is 0 Å². The molecule has 1 fully saturated rings. The van der Waals surface area contributed by atoms with Gasteiger partial charge >= 0.3 is 0 Å². The highest BCUT2D eigenvalue weighted by Gasteiger charge is 2.25. The fourth-order valence-electron chi connectivity index (χ4n) is 2.28. The van der Waals surface area contributed by atoms with Gasteiger partial charge < -0.3 is 14.3 Å². The standard InChI is InChI=1S/C15H19N3O2/c1-11(4-7-13-3-2-10-20-13)17-14-15(19)18(9-8-16-14)12-5-6-12/h2-3,8-12H,4-7H2,1H3,(H,16,17). The van der Waals surface area contributed by atoms with Crippen LogP contribution in [0.3, 0.4) is 0 Å². The number of hydrogen-bond donors (Lipinski definition) is 1. The highest BCUT2D eigenvalue weighted by molar-refractivity contribution is 5.32. The number of anilines is 1. The Bertz CT molecular complexity index is 614. The van der Waals surface area contributed by atoms with E-state index in [1.165, 1.54) is 0 Å². The van der Waals surface area contributed by atoms with Crippen molar-refractivity contribution in [2.24, 2.45) is 0 Å². The summed E-state index contributed by atoms with van der Waals surface area (Å²) >= 11 is 0. The average Bonchev–Trinajstić information content (AvgIpc) is 3.14. The normalized spacial score (nSPS) is 16.1. The van der Waals surface area contributed by atoms with Crippen LogP contribution < -0.4 is 10.9 Å². The van der Waals surface area contributed by atoms with E-state index >= 15 is 0 Å². The molecule has 0 amide bonds. The summed E-state index contributed by atoms with van der Waals surface area (Å²) in [4.78, 5) is 16.4. The van der Waals surface area contributed by atoms with E-state index in [0.717, 1.165) is 31.4 Å². The highest BCUT2D eigenvalue weighted by atomic mass is 16.3. The topological polar surface area (TPSA) is 60.1 Å². The van der Waals surface area contributed by atoms with Gasteiger partial charge in [0, 0.05) is 30.9 Å². The van der Waals surface area contributed by atoms with Crippen molar-refractivity contribution in [1.82, 2.24) is 9.55 Å². The third-order valence-electron chi connectivity index (χ3n) is 3.60. The van der Waals surface area contributed by atoms with Crippen LogP contribution in [0.1, 0.15) is 38.0 Å². The molecule has 1 saturated carbocycles. The molecule has 2 heterocycles. The first-order valence-electron chi connectivity index (χ1n) is 7.10. The van der Waals surface area contributed by atoms with Crippen molar-refractivity contribution in [3.63, 3.8) is 0 Å². The van der Waals surface area contributed by atoms with Crippen LogP contribution in [0.15, 0.2) is 40.0 Å². The van der Waals surface area contributed by atoms with E-state index in [0.29, 0.717) is 11.9 Å². The molecule has 5 heteroatoms. The number of hydrogen-bond acceptors (Lipinski definition) is 4. The van der Waals surface area contributed by atoms with Crippen LogP contribution in [0.4, 0.5) is 5.82 Å². The molecule has 2 aromatic rings. The van der Waals surface area contributed by atoms with Crippen LogP contribution in [-0.4, -0.2) is 15.6 Å². The van der Waals surface area contributed by atoms with E-state index in [2.05, 4.69) is 17.2 Å². The molecular formula is C15H19N3O2. The van der Waals surface area contributed by atoms with Gasteiger partial charge in [-0.1, -0.05) is 0 Å². The number of aryl methyl sites for hydroxylation is 1. The number of nitrogens with zero attached hydrogens (tertiary/aromatic N) is 2. The van der Waals surface area contributed by atoms with Crippen LogP contribution >= 0.6 is 0 Å². The average molecular weight is 273 g/mol. The molecule has 106 valence electrons. The first-order valence-corrected chi connectivity index (χ1v) is 7.10. The van der Waals surface area contributed by atoms with Gasteiger partial charge in [0.2, 0.25) is 0 Å². The molecule has 0 bridgehead atoms. The van der Waals surface area contributed by atoms with Gasteiger partial charge in [-0.05, 0) is 38.3 Å². The monoisotopic (exact) mass is 273 g/mol. The summed E-state index contributed by atoms with van der Waals surface area (Å²) in [5.41, 5.74) is -0.0140. The Morgan fingerprint density at radius 3 is 3.10 bits per heavy atom. The predicted molar refractivity (Wildman–Crippen MR) is 76.9 cm³/mol. The molecule has 0 aliphatic heterocycles. The maximum atomic E-state index is 12.2. The zero-order chi connectivity index (χ0) is 13.9. The first kappa shape index (κ1) is 13.0. The lowest BCUT2D eigenvalue weighted by Gasteiger charge is -2.14. The lowest BCUT2D eigenvalue weighted by atomic mass is 10.1. The van der Waals surface area contributed by atoms with Gasteiger partial charge in [0.1, 0.15) is 5.76 Å². The summed E-state index contributed by atoms with van der Waals surface area (Å²) in [5.74, 6) is 1.42. The number of furan rings is 1. The van der Waals surface area contributed by atoms with Gasteiger partial charge in [0.15, 0.2) is 5.82 Å². The summed E-state index contributed by atoms with van der Waals surface area (Å²) in [6.45, 7) is 2.05. The van der Waals surface area contributed by atoms with Crippen LogP contribution in [0.25, 0.3) is 0 Å². The molecule has 2 aromatic heterocycles. The molecule has 0 spiro atoms. The molecule has 5 nitrogen and oxygen atoms in total. The Balaban J connectivity index is 1.62. The van der Waals surface area contributed by atoms with Crippen molar-refractivity contribution >= 4 is 5.82 Å². The van der Waals surface area contributed by atoms with Crippen LogP contribution in [-0.2, 0) is 6.42 Å². The molecule has 1 N–H and O–H groups in total. The lowest BCUT2D eigenvalue weighted by molar-refractivity contribution is 0.494. The quantitative estimate of drug-likeness (QED) is 0.879. The second-order valence-corrected chi connectivity index (χ2v) is 5.38. The fourth-order valence-corrected chi connectivity index (χ4v) is 2.28.